The molecule has 2 aliphatic heterocycles. The van der Waals surface area contributed by atoms with E-state index in [1.165, 1.54) is 54.0 Å². The number of halogens is 2. The van der Waals surface area contributed by atoms with Crippen LogP contribution in [0.1, 0.15) is 65.5 Å². The van der Waals surface area contributed by atoms with E-state index in [2.05, 4.69) is 44.1 Å². The molecule has 50 heavy (non-hydrogen) atoms. The van der Waals surface area contributed by atoms with Crippen LogP contribution >= 0.6 is 11.3 Å². The number of aromatic amines is 1. The molecule has 7 rings (SSSR count). The third kappa shape index (κ3) is 6.78. The van der Waals surface area contributed by atoms with Gasteiger partial charge in [0.25, 0.3) is 5.91 Å². The van der Waals surface area contributed by atoms with Crippen LogP contribution < -0.4 is 4.74 Å². The van der Waals surface area contributed by atoms with E-state index >= 15 is 4.39 Å². The van der Waals surface area contributed by atoms with Gasteiger partial charge in [-0.1, -0.05) is 18.2 Å². The highest BCUT2D eigenvalue weighted by Gasteiger charge is 2.30. The molecule has 0 bridgehead atoms. The lowest BCUT2D eigenvalue weighted by atomic mass is 9.90. The normalized spacial score (nSPS) is 17.1. The van der Waals surface area contributed by atoms with Crippen LogP contribution in [-0.4, -0.2) is 63.9 Å². The minimum Gasteiger partial charge on any atom is -0.496 e. The average Bonchev–Trinajstić information content (AvgIpc) is 3.81. The van der Waals surface area contributed by atoms with E-state index in [9.17, 15) is 14.4 Å². The number of nitrogens with zero attached hydrogens (tertiary/aromatic N) is 5. The number of hydrogen-bond donors (Lipinski definition) is 1. The predicted octanol–water partition coefficient (Wildman–Crippen LogP) is 7.84. The summed E-state index contributed by atoms with van der Waals surface area (Å²) in [6.07, 6.45) is 9.07. The second-order valence-electron chi connectivity index (χ2n) is 13.0. The molecule has 1 saturated heterocycles. The number of amides is 1. The Balaban J connectivity index is 0.960. The maximum absolute atomic E-state index is 15.2. The van der Waals surface area contributed by atoms with Crippen molar-refractivity contribution in [3.8, 4) is 22.9 Å². The van der Waals surface area contributed by atoms with Gasteiger partial charge in [-0.15, -0.1) is 11.3 Å². The SMILES string of the molecule is COc1ccc(F)cc1-c1c(F)cnc2[nH]c(C3CCN(CCCc4ccc5c(c4)C(C)N(C(=O)/C(C#N)=C\c4nccs4)CC5)CC3)cc12. The molecule has 5 heterocycles. The maximum Gasteiger partial charge on any atom is 0.265 e. The number of aryl methyl sites for hydroxylation is 1. The highest BCUT2D eigenvalue weighted by molar-refractivity contribution is 7.10. The number of likely N-dealkylation sites (tertiary alicyclic amines) is 1. The fourth-order valence-corrected chi connectivity index (χ4v) is 8.01. The summed E-state index contributed by atoms with van der Waals surface area (Å²) in [6.45, 7) is 5.52. The lowest BCUT2D eigenvalue weighted by molar-refractivity contribution is -0.129. The van der Waals surface area contributed by atoms with Crippen LogP contribution in [0.25, 0.3) is 28.2 Å². The average molecular weight is 693 g/mol. The number of nitriles is 1. The fraction of sp³-hybridized carbons (Fsp3) is 0.333. The summed E-state index contributed by atoms with van der Waals surface area (Å²) in [5.41, 5.74) is 6.03. The Kier molecular flexibility index (Phi) is 9.74. The molecule has 8 nitrogen and oxygen atoms in total. The van der Waals surface area contributed by atoms with Gasteiger partial charge < -0.3 is 19.5 Å². The van der Waals surface area contributed by atoms with Crippen molar-refractivity contribution >= 4 is 34.4 Å². The van der Waals surface area contributed by atoms with Gasteiger partial charge in [-0.3, -0.25) is 4.79 Å². The van der Waals surface area contributed by atoms with Crippen molar-refractivity contribution in [2.75, 3.05) is 33.3 Å². The minimum absolute atomic E-state index is 0.111. The first-order valence-electron chi connectivity index (χ1n) is 17.0. The van der Waals surface area contributed by atoms with Crippen LogP contribution in [0.3, 0.4) is 0 Å². The Hall–Kier alpha value is -4.92. The van der Waals surface area contributed by atoms with Crippen molar-refractivity contribution in [3.05, 3.63) is 105 Å². The number of nitrogens with one attached hydrogen (secondary N) is 1. The molecule has 1 atom stereocenters. The number of ether oxygens (including phenoxy) is 1. The number of aromatic nitrogens is 3. The van der Waals surface area contributed by atoms with Crippen molar-refractivity contribution < 1.29 is 18.3 Å². The second-order valence-corrected chi connectivity index (χ2v) is 14.0. The molecule has 1 N–H and O–H groups in total. The quantitative estimate of drug-likeness (QED) is 0.125. The number of H-pyrrole nitrogens is 1. The Morgan fingerprint density at radius 1 is 1.14 bits per heavy atom. The van der Waals surface area contributed by atoms with Crippen LogP contribution in [0.15, 0.2) is 65.8 Å². The van der Waals surface area contributed by atoms with E-state index in [0.29, 0.717) is 33.9 Å². The number of thiazole rings is 1. The third-order valence-corrected chi connectivity index (χ3v) is 10.8. The molecule has 0 saturated carbocycles. The smallest absolute Gasteiger partial charge is 0.265 e. The molecule has 1 fully saturated rings. The minimum atomic E-state index is -0.520. The molecule has 1 unspecified atom stereocenters. The van der Waals surface area contributed by atoms with Crippen molar-refractivity contribution in [1.29, 1.82) is 5.26 Å². The number of carbonyl (C=O) groups excluding carboxylic acids is 1. The zero-order valence-corrected chi connectivity index (χ0v) is 28.9. The molecule has 5 aromatic rings. The third-order valence-electron chi connectivity index (χ3n) is 10.1. The van der Waals surface area contributed by atoms with E-state index in [0.717, 1.165) is 63.0 Å². The molecule has 2 aliphatic rings. The number of rotatable bonds is 9. The lowest BCUT2D eigenvalue weighted by Gasteiger charge is -2.35. The highest BCUT2D eigenvalue weighted by Crippen LogP contribution is 2.39. The van der Waals surface area contributed by atoms with Crippen LogP contribution in [0.4, 0.5) is 8.78 Å². The zero-order chi connectivity index (χ0) is 34.8. The number of fused-ring (bicyclic) bond motifs is 2. The zero-order valence-electron chi connectivity index (χ0n) is 28.1. The number of pyridine rings is 1. The molecule has 3 aromatic heterocycles. The summed E-state index contributed by atoms with van der Waals surface area (Å²) in [6, 6.07) is 14.7. The van der Waals surface area contributed by atoms with Crippen molar-refractivity contribution in [3.63, 3.8) is 0 Å². The molecule has 0 spiro atoms. The first kappa shape index (κ1) is 33.6. The second kappa shape index (κ2) is 14.5. The summed E-state index contributed by atoms with van der Waals surface area (Å²) in [4.78, 5) is 29.6. The van der Waals surface area contributed by atoms with Gasteiger partial charge in [-0.2, -0.15) is 5.26 Å². The molecule has 2 aromatic carbocycles. The molecule has 0 aliphatic carbocycles. The first-order valence-corrected chi connectivity index (χ1v) is 17.9. The number of methoxy groups -OCH3 is 1. The first-order chi connectivity index (χ1) is 24.3. The summed E-state index contributed by atoms with van der Waals surface area (Å²) < 4.78 is 34.8. The van der Waals surface area contributed by atoms with Gasteiger partial charge in [-0.25, -0.2) is 18.7 Å². The molecular weight excluding hydrogens is 655 g/mol. The largest absolute Gasteiger partial charge is 0.496 e. The number of hydrogen-bond acceptors (Lipinski definition) is 7. The molecule has 11 heteroatoms. The molecule has 1 amide bonds. The van der Waals surface area contributed by atoms with Crippen LogP contribution in [0.5, 0.6) is 5.75 Å². The fourth-order valence-electron chi connectivity index (χ4n) is 7.44. The Bertz CT molecular complexity index is 2100. The topological polar surface area (TPSA) is 98.1 Å². The Morgan fingerprint density at radius 2 is 1.98 bits per heavy atom. The van der Waals surface area contributed by atoms with Gasteiger partial charge in [0, 0.05) is 46.2 Å². The van der Waals surface area contributed by atoms with Gasteiger partial charge in [0.2, 0.25) is 0 Å². The monoisotopic (exact) mass is 692 g/mol. The van der Waals surface area contributed by atoms with Crippen LogP contribution in [-0.2, 0) is 17.6 Å². The number of carbonyl (C=O) groups is 1. The van der Waals surface area contributed by atoms with Gasteiger partial charge in [0.1, 0.15) is 39.7 Å². The van der Waals surface area contributed by atoms with Crippen LogP contribution in [0.2, 0.25) is 0 Å². The van der Waals surface area contributed by atoms with Crippen molar-refractivity contribution in [2.45, 2.75) is 51.0 Å². The standard InChI is InChI=1S/C39H38F2N6O2S/c1-24-30-18-25(5-6-26(30)11-16-47(24)39(48)28(22-42)19-36-43-12-17-50-36)4-3-13-46-14-9-27(10-15-46)34-21-32-37(33(41)23-44-38(32)45-34)31-20-29(40)7-8-35(31)49-2/h5-8,12,17-21,23-24,27H,3-4,9-11,13-16H2,1-2H3,(H,44,45)/b28-19-. The summed E-state index contributed by atoms with van der Waals surface area (Å²) in [5, 5.41) is 12.8. The lowest BCUT2D eigenvalue weighted by Crippen LogP contribution is -2.39. The number of benzene rings is 2. The van der Waals surface area contributed by atoms with Gasteiger partial charge >= 0.3 is 0 Å². The van der Waals surface area contributed by atoms with E-state index in [1.54, 1.807) is 17.2 Å². The van der Waals surface area contributed by atoms with Crippen molar-refractivity contribution in [2.24, 2.45) is 0 Å². The molecule has 256 valence electrons. The van der Waals surface area contributed by atoms with E-state index < -0.39 is 11.6 Å². The molecule has 0 radical (unpaired) electrons. The summed E-state index contributed by atoms with van der Waals surface area (Å²) >= 11 is 1.40. The van der Waals surface area contributed by atoms with E-state index in [-0.39, 0.29) is 29.0 Å². The highest BCUT2D eigenvalue weighted by atomic mass is 32.1. The summed E-state index contributed by atoms with van der Waals surface area (Å²) in [7, 11) is 1.49. The van der Waals surface area contributed by atoms with Crippen LogP contribution in [0, 0.1) is 23.0 Å². The predicted molar refractivity (Wildman–Crippen MR) is 191 cm³/mol. The van der Waals surface area contributed by atoms with Gasteiger partial charge in [-0.05, 0) is 106 Å². The number of piperidine rings is 1. The van der Waals surface area contributed by atoms with Gasteiger partial charge in [0.05, 0.1) is 19.3 Å². The summed E-state index contributed by atoms with van der Waals surface area (Å²) in [5.74, 6) is -0.538. The maximum atomic E-state index is 15.2. The van der Waals surface area contributed by atoms with Crippen molar-refractivity contribution in [1.82, 2.24) is 24.8 Å². The van der Waals surface area contributed by atoms with E-state index in [1.807, 2.05) is 18.4 Å². The Labute approximate surface area is 294 Å². The van der Waals surface area contributed by atoms with E-state index in [4.69, 9.17) is 4.74 Å². The molecular formula is C39H38F2N6O2S. The van der Waals surface area contributed by atoms with Gasteiger partial charge in [0.15, 0.2) is 0 Å². The Morgan fingerprint density at radius 3 is 2.74 bits per heavy atom.